The van der Waals surface area contributed by atoms with Crippen LogP contribution in [0.15, 0.2) is 0 Å². The summed E-state index contributed by atoms with van der Waals surface area (Å²) in [5.74, 6) is -3.73. The molecule has 12 heteroatoms. The van der Waals surface area contributed by atoms with Gasteiger partial charge in [0.2, 0.25) is 23.6 Å². The fraction of sp³-hybridized carbons (Fsp3) is 0.773. The van der Waals surface area contributed by atoms with E-state index in [2.05, 4.69) is 10.6 Å². The van der Waals surface area contributed by atoms with Crippen LogP contribution in [0.1, 0.15) is 65.2 Å². The Morgan fingerprint density at radius 3 is 2.32 bits per heavy atom. The number of carbonyl (C=O) groups excluding carboxylic acids is 4. The highest BCUT2D eigenvalue weighted by Gasteiger charge is 2.39. The van der Waals surface area contributed by atoms with E-state index >= 15 is 0 Å². The number of likely N-dealkylation sites (tertiary alicyclic amines) is 1. The topological polar surface area (TPSA) is 211 Å². The van der Waals surface area contributed by atoms with Gasteiger partial charge in [0, 0.05) is 13.0 Å². The van der Waals surface area contributed by atoms with Gasteiger partial charge in [-0.3, -0.25) is 19.2 Å². The fourth-order valence-corrected chi connectivity index (χ4v) is 3.89. The molecule has 1 aliphatic rings. The van der Waals surface area contributed by atoms with E-state index in [1.165, 1.54) is 4.90 Å². The van der Waals surface area contributed by atoms with E-state index in [0.717, 1.165) is 6.42 Å². The fourth-order valence-electron chi connectivity index (χ4n) is 3.89. The molecule has 1 fully saturated rings. The van der Waals surface area contributed by atoms with Crippen molar-refractivity contribution in [1.29, 1.82) is 0 Å². The maximum atomic E-state index is 13.2. The molecule has 0 aliphatic carbocycles. The standard InChI is InChI=1S/C22H40N6O6/c1-3-13(2)18(27-19(30)14(24)7-4-5-11-23)20(31)26-15(9-10-17(25)29)21(32)28-12-6-8-16(28)22(33)34/h13-16,18H,3-12,23-24H2,1-2H3,(H2,25,29)(H,26,31)(H,27,30)(H,33,34). The van der Waals surface area contributed by atoms with Gasteiger partial charge in [0.15, 0.2) is 0 Å². The summed E-state index contributed by atoms with van der Waals surface area (Å²) in [4.78, 5) is 62.9. The molecule has 9 N–H and O–H groups in total. The summed E-state index contributed by atoms with van der Waals surface area (Å²) in [5.41, 5.74) is 16.6. The zero-order valence-electron chi connectivity index (χ0n) is 20.1. The van der Waals surface area contributed by atoms with Gasteiger partial charge in [-0.1, -0.05) is 26.7 Å². The van der Waals surface area contributed by atoms with Crippen LogP contribution in [0.2, 0.25) is 0 Å². The number of carbonyl (C=O) groups is 5. The average molecular weight is 485 g/mol. The number of nitrogens with two attached hydrogens (primary N) is 3. The maximum Gasteiger partial charge on any atom is 0.326 e. The highest BCUT2D eigenvalue weighted by atomic mass is 16.4. The molecule has 0 aromatic heterocycles. The first kappa shape index (κ1) is 29.3. The Morgan fingerprint density at radius 1 is 1.09 bits per heavy atom. The van der Waals surface area contributed by atoms with Gasteiger partial charge in [-0.05, 0) is 44.6 Å². The zero-order chi connectivity index (χ0) is 25.8. The number of carboxylic acid groups (broad SMARTS) is 1. The van der Waals surface area contributed by atoms with Crippen molar-refractivity contribution in [2.45, 2.75) is 89.4 Å². The molecule has 0 saturated carbocycles. The Kier molecular flexibility index (Phi) is 12.5. The molecule has 194 valence electrons. The number of hydrogen-bond donors (Lipinski definition) is 6. The molecule has 0 aromatic carbocycles. The van der Waals surface area contributed by atoms with E-state index in [1.807, 2.05) is 6.92 Å². The summed E-state index contributed by atoms with van der Waals surface area (Å²) in [6, 6.07) is -3.91. The molecule has 0 aromatic rings. The van der Waals surface area contributed by atoms with Crippen LogP contribution in [0.4, 0.5) is 0 Å². The molecule has 4 amide bonds. The van der Waals surface area contributed by atoms with E-state index in [4.69, 9.17) is 17.2 Å². The summed E-state index contributed by atoms with van der Waals surface area (Å²) in [6.45, 7) is 4.37. The largest absolute Gasteiger partial charge is 0.480 e. The van der Waals surface area contributed by atoms with Crippen LogP contribution in [0.3, 0.4) is 0 Å². The number of primary amides is 1. The maximum absolute atomic E-state index is 13.2. The van der Waals surface area contributed by atoms with Gasteiger partial charge in [-0.25, -0.2) is 4.79 Å². The third kappa shape index (κ3) is 8.90. The van der Waals surface area contributed by atoms with Crippen molar-refractivity contribution in [3.8, 4) is 0 Å². The first-order chi connectivity index (χ1) is 16.0. The van der Waals surface area contributed by atoms with Crippen LogP contribution in [0.25, 0.3) is 0 Å². The summed E-state index contributed by atoms with van der Waals surface area (Å²) < 4.78 is 0. The minimum absolute atomic E-state index is 0.0808. The number of aliphatic carboxylic acids is 1. The molecular weight excluding hydrogens is 444 g/mol. The second kappa shape index (κ2) is 14.5. The van der Waals surface area contributed by atoms with Crippen LogP contribution in [0, 0.1) is 5.92 Å². The Morgan fingerprint density at radius 2 is 1.76 bits per heavy atom. The normalized spacial score (nSPS) is 19.1. The van der Waals surface area contributed by atoms with Crippen molar-refractivity contribution in [1.82, 2.24) is 15.5 Å². The molecule has 0 spiro atoms. The number of rotatable bonds is 15. The van der Waals surface area contributed by atoms with Crippen molar-refractivity contribution in [3.63, 3.8) is 0 Å². The van der Waals surface area contributed by atoms with Crippen LogP contribution in [-0.2, 0) is 24.0 Å². The predicted octanol–water partition coefficient (Wildman–Crippen LogP) is -1.20. The van der Waals surface area contributed by atoms with Gasteiger partial charge in [-0.15, -0.1) is 0 Å². The summed E-state index contributed by atoms with van der Waals surface area (Å²) >= 11 is 0. The molecule has 34 heavy (non-hydrogen) atoms. The number of unbranched alkanes of at least 4 members (excludes halogenated alkanes) is 1. The SMILES string of the molecule is CCC(C)C(NC(=O)C(N)CCCCN)C(=O)NC(CCC(N)=O)C(=O)N1CCCC1C(=O)O. The van der Waals surface area contributed by atoms with E-state index in [9.17, 15) is 29.1 Å². The van der Waals surface area contributed by atoms with Gasteiger partial charge in [0.1, 0.15) is 18.1 Å². The highest BCUT2D eigenvalue weighted by Crippen LogP contribution is 2.20. The van der Waals surface area contributed by atoms with Crippen LogP contribution in [-0.4, -0.2) is 76.9 Å². The van der Waals surface area contributed by atoms with Crippen molar-refractivity contribution in [2.75, 3.05) is 13.1 Å². The van der Waals surface area contributed by atoms with Crippen LogP contribution >= 0.6 is 0 Å². The number of amides is 4. The van der Waals surface area contributed by atoms with Crippen molar-refractivity contribution in [3.05, 3.63) is 0 Å². The second-order valence-electron chi connectivity index (χ2n) is 8.86. The minimum atomic E-state index is -1.15. The monoisotopic (exact) mass is 484 g/mol. The Labute approximate surface area is 200 Å². The van der Waals surface area contributed by atoms with Gasteiger partial charge in [0.25, 0.3) is 0 Å². The van der Waals surface area contributed by atoms with E-state index in [-0.39, 0.29) is 25.3 Å². The number of carboxylic acids is 1. The molecule has 12 nitrogen and oxygen atoms in total. The lowest BCUT2D eigenvalue weighted by Crippen LogP contribution is -2.58. The van der Waals surface area contributed by atoms with Crippen molar-refractivity contribution >= 4 is 29.6 Å². The molecule has 1 rings (SSSR count). The third-order valence-corrected chi connectivity index (χ3v) is 6.21. The summed E-state index contributed by atoms with van der Waals surface area (Å²) in [6.07, 6.45) is 2.97. The molecule has 1 saturated heterocycles. The Hall–Kier alpha value is -2.73. The molecule has 5 atom stereocenters. The Balaban J connectivity index is 2.99. The molecule has 0 bridgehead atoms. The zero-order valence-corrected chi connectivity index (χ0v) is 20.1. The first-order valence-corrected chi connectivity index (χ1v) is 11.9. The summed E-state index contributed by atoms with van der Waals surface area (Å²) in [7, 11) is 0. The predicted molar refractivity (Wildman–Crippen MR) is 125 cm³/mol. The van der Waals surface area contributed by atoms with Crippen molar-refractivity contribution in [2.24, 2.45) is 23.1 Å². The molecular formula is C22H40N6O6. The molecule has 1 heterocycles. The van der Waals surface area contributed by atoms with Gasteiger partial charge in [-0.2, -0.15) is 0 Å². The van der Waals surface area contributed by atoms with E-state index < -0.39 is 53.8 Å². The van der Waals surface area contributed by atoms with Crippen LogP contribution < -0.4 is 27.8 Å². The van der Waals surface area contributed by atoms with Crippen LogP contribution in [0.5, 0.6) is 0 Å². The van der Waals surface area contributed by atoms with Gasteiger partial charge >= 0.3 is 5.97 Å². The molecule has 1 aliphatic heterocycles. The average Bonchev–Trinajstić information content (AvgIpc) is 3.29. The lowest BCUT2D eigenvalue weighted by Gasteiger charge is -2.30. The minimum Gasteiger partial charge on any atom is -0.480 e. The third-order valence-electron chi connectivity index (χ3n) is 6.21. The number of hydrogen-bond acceptors (Lipinski definition) is 7. The Bertz CT molecular complexity index is 733. The van der Waals surface area contributed by atoms with Crippen molar-refractivity contribution < 1.29 is 29.1 Å². The highest BCUT2D eigenvalue weighted by molar-refractivity contribution is 5.94. The van der Waals surface area contributed by atoms with E-state index in [0.29, 0.717) is 38.6 Å². The lowest BCUT2D eigenvalue weighted by molar-refractivity contribution is -0.149. The molecule has 5 unspecified atom stereocenters. The molecule has 0 radical (unpaired) electrons. The first-order valence-electron chi connectivity index (χ1n) is 11.9. The van der Waals surface area contributed by atoms with Gasteiger partial charge in [0.05, 0.1) is 6.04 Å². The second-order valence-corrected chi connectivity index (χ2v) is 8.86. The smallest absolute Gasteiger partial charge is 0.326 e. The number of nitrogens with one attached hydrogen (secondary N) is 2. The van der Waals surface area contributed by atoms with Gasteiger partial charge < -0.3 is 37.8 Å². The summed E-state index contributed by atoms with van der Waals surface area (Å²) in [5, 5.41) is 14.7. The van der Waals surface area contributed by atoms with E-state index in [1.54, 1.807) is 6.92 Å². The number of nitrogens with zero attached hydrogens (tertiary/aromatic N) is 1. The quantitative estimate of drug-likeness (QED) is 0.155. The lowest BCUT2D eigenvalue weighted by atomic mass is 9.96.